The van der Waals surface area contributed by atoms with E-state index in [-0.39, 0.29) is 5.91 Å². The third kappa shape index (κ3) is 4.69. The van der Waals surface area contributed by atoms with E-state index in [0.717, 1.165) is 63.5 Å². The van der Waals surface area contributed by atoms with Crippen LogP contribution in [-0.2, 0) is 31.4 Å². The second-order valence-corrected chi connectivity index (χ2v) is 6.66. The molecular weight excluding hydrogens is 316 g/mol. The molecule has 3 heterocycles. The summed E-state index contributed by atoms with van der Waals surface area (Å²) in [5.41, 5.74) is 1.12. The number of amides is 1. The molecule has 0 spiro atoms. The Morgan fingerprint density at radius 1 is 1.24 bits per heavy atom. The maximum Gasteiger partial charge on any atom is 0.222 e. The predicted molar refractivity (Wildman–Crippen MR) is 95.9 cm³/mol. The highest BCUT2D eigenvalue weighted by Crippen LogP contribution is 2.10. The van der Waals surface area contributed by atoms with Gasteiger partial charge in [-0.1, -0.05) is 0 Å². The van der Waals surface area contributed by atoms with Crippen molar-refractivity contribution in [1.29, 1.82) is 0 Å². The number of aryl methyl sites for hydroxylation is 3. The number of imidazole rings is 1. The van der Waals surface area contributed by atoms with Gasteiger partial charge >= 0.3 is 0 Å². The average molecular weight is 344 g/mol. The van der Waals surface area contributed by atoms with Crippen molar-refractivity contribution in [2.24, 2.45) is 7.05 Å². The van der Waals surface area contributed by atoms with Crippen molar-refractivity contribution in [3.8, 4) is 0 Å². The van der Waals surface area contributed by atoms with E-state index in [2.05, 4.69) is 26.5 Å². The van der Waals surface area contributed by atoms with Crippen LogP contribution in [0.25, 0.3) is 0 Å². The summed E-state index contributed by atoms with van der Waals surface area (Å²) in [5, 5.41) is 4.16. The second kappa shape index (κ2) is 8.29. The number of nitrogens with zero attached hydrogens (tertiary/aromatic N) is 6. The van der Waals surface area contributed by atoms with Crippen molar-refractivity contribution in [2.75, 3.05) is 26.2 Å². The minimum atomic E-state index is 0.251. The van der Waals surface area contributed by atoms with Crippen LogP contribution < -0.4 is 0 Å². The van der Waals surface area contributed by atoms with Crippen LogP contribution in [0.3, 0.4) is 0 Å². The van der Waals surface area contributed by atoms with Crippen molar-refractivity contribution in [2.45, 2.75) is 39.3 Å². The molecule has 7 heteroatoms. The Kier molecular flexibility index (Phi) is 5.86. The van der Waals surface area contributed by atoms with Crippen LogP contribution in [0.2, 0.25) is 0 Å². The van der Waals surface area contributed by atoms with Crippen LogP contribution in [0.15, 0.2) is 24.8 Å². The maximum atomic E-state index is 12.5. The van der Waals surface area contributed by atoms with Gasteiger partial charge in [0, 0.05) is 64.8 Å². The molecule has 1 fully saturated rings. The standard InChI is InChI=1S/C18H28N6O/c1-3-23-10-7-19-17(23)15-22-8-4-9-24(12-11-22)18(25)6-5-16-13-20-21(2)14-16/h7,10,13-14H,3-6,8-9,11-12,15H2,1-2H3. The fourth-order valence-electron chi connectivity index (χ4n) is 3.37. The summed E-state index contributed by atoms with van der Waals surface area (Å²) >= 11 is 0. The summed E-state index contributed by atoms with van der Waals surface area (Å²) < 4.78 is 3.96. The highest BCUT2D eigenvalue weighted by molar-refractivity contribution is 5.76. The van der Waals surface area contributed by atoms with Gasteiger partial charge in [-0.25, -0.2) is 4.98 Å². The third-order valence-corrected chi connectivity index (χ3v) is 4.83. The molecule has 25 heavy (non-hydrogen) atoms. The molecule has 0 radical (unpaired) electrons. The van der Waals surface area contributed by atoms with E-state index < -0.39 is 0 Å². The fourth-order valence-corrected chi connectivity index (χ4v) is 3.37. The first kappa shape index (κ1) is 17.7. The number of aromatic nitrogens is 4. The highest BCUT2D eigenvalue weighted by atomic mass is 16.2. The Bertz CT molecular complexity index is 691. The third-order valence-electron chi connectivity index (χ3n) is 4.83. The lowest BCUT2D eigenvalue weighted by molar-refractivity contribution is -0.131. The largest absolute Gasteiger partial charge is 0.341 e. The lowest BCUT2D eigenvalue weighted by atomic mass is 10.2. The van der Waals surface area contributed by atoms with Gasteiger partial charge in [0.05, 0.1) is 12.7 Å². The monoisotopic (exact) mass is 344 g/mol. The van der Waals surface area contributed by atoms with Gasteiger partial charge in [-0.15, -0.1) is 0 Å². The van der Waals surface area contributed by atoms with Gasteiger partial charge in [0.25, 0.3) is 0 Å². The van der Waals surface area contributed by atoms with Crippen LogP contribution in [0.5, 0.6) is 0 Å². The van der Waals surface area contributed by atoms with E-state index in [1.165, 1.54) is 0 Å². The lowest BCUT2D eigenvalue weighted by Crippen LogP contribution is -2.35. The zero-order chi connectivity index (χ0) is 17.6. The average Bonchev–Trinajstić information content (AvgIpc) is 3.16. The summed E-state index contributed by atoms with van der Waals surface area (Å²) in [6.07, 6.45) is 10.1. The van der Waals surface area contributed by atoms with Crippen molar-refractivity contribution >= 4 is 5.91 Å². The van der Waals surface area contributed by atoms with Gasteiger partial charge in [0.1, 0.15) is 5.82 Å². The van der Waals surface area contributed by atoms with Crippen molar-refractivity contribution in [1.82, 2.24) is 29.1 Å². The molecular formula is C18H28N6O. The molecule has 0 aromatic carbocycles. The van der Waals surface area contributed by atoms with Crippen molar-refractivity contribution in [3.05, 3.63) is 36.2 Å². The maximum absolute atomic E-state index is 12.5. The molecule has 3 rings (SSSR count). The Morgan fingerprint density at radius 2 is 2.12 bits per heavy atom. The molecule has 0 bridgehead atoms. The van der Waals surface area contributed by atoms with E-state index in [1.54, 1.807) is 4.68 Å². The van der Waals surface area contributed by atoms with E-state index in [1.807, 2.05) is 36.7 Å². The number of hydrogen-bond acceptors (Lipinski definition) is 4. The van der Waals surface area contributed by atoms with Crippen LogP contribution in [0.4, 0.5) is 0 Å². The lowest BCUT2D eigenvalue weighted by Gasteiger charge is -2.22. The summed E-state index contributed by atoms with van der Waals surface area (Å²) in [5.74, 6) is 1.36. The molecule has 2 aromatic heterocycles. The zero-order valence-electron chi connectivity index (χ0n) is 15.3. The molecule has 0 unspecified atom stereocenters. The van der Waals surface area contributed by atoms with E-state index in [9.17, 15) is 4.79 Å². The first-order valence-corrected chi connectivity index (χ1v) is 9.13. The van der Waals surface area contributed by atoms with Gasteiger partial charge in [-0.05, 0) is 25.3 Å². The number of carbonyl (C=O) groups is 1. The van der Waals surface area contributed by atoms with Crippen molar-refractivity contribution in [3.63, 3.8) is 0 Å². The molecule has 136 valence electrons. The summed E-state index contributed by atoms with van der Waals surface area (Å²) in [6.45, 7) is 7.53. The van der Waals surface area contributed by atoms with Gasteiger partial charge in [0.15, 0.2) is 0 Å². The van der Waals surface area contributed by atoms with Crippen LogP contribution in [0.1, 0.15) is 31.2 Å². The van der Waals surface area contributed by atoms with Gasteiger partial charge in [0.2, 0.25) is 5.91 Å². The van der Waals surface area contributed by atoms with E-state index in [0.29, 0.717) is 6.42 Å². The summed E-state index contributed by atoms with van der Waals surface area (Å²) in [6, 6.07) is 0. The van der Waals surface area contributed by atoms with E-state index in [4.69, 9.17) is 0 Å². The zero-order valence-corrected chi connectivity index (χ0v) is 15.3. The predicted octanol–water partition coefficient (Wildman–Crippen LogP) is 1.30. The topological polar surface area (TPSA) is 59.2 Å². The van der Waals surface area contributed by atoms with Crippen LogP contribution in [-0.4, -0.2) is 61.2 Å². The molecule has 1 saturated heterocycles. The SMILES string of the molecule is CCn1ccnc1CN1CCCN(C(=O)CCc2cnn(C)c2)CC1. The fraction of sp³-hybridized carbons (Fsp3) is 0.611. The minimum absolute atomic E-state index is 0.251. The molecule has 0 atom stereocenters. The molecule has 1 aliphatic rings. The quantitative estimate of drug-likeness (QED) is 0.793. The van der Waals surface area contributed by atoms with Gasteiger partial charge in [-0.3, -0.25) is 14.4 Å². The summed E-state index contributed by atoms with van der Waals surface area (Å²) in [4.78, 5) is 21.4. The first-order valence-electron chi connectivity index (χ1n) is 9.13. The van der Waals surface area contributed by atoms with Gasteiger partial charge in [-0.2, -0.15) is 5.10 Å². The molecule has 0 saturated carbocycles. The number of rotatable bonds is 6. The smallest absolute Gasteiger partial charge is 0.222 e. The Morgan fingerprint density at radius 3 is 2.88 bits per heavy atom. The minimum Gasteiger partial charge on any atom is -0.341 e. The Hall–Kier alpha value is -2.15. The normalized spacial score (nSPS) is 16.2. The Balaban J connectivity index is 1.48. The molecule has 0 N–H and O–H groups in total. The van der Waals surface area contributed by atoms with E-state index >= 15 is 0 Å². The molecule has 2 aromatic rings. The Labute approximate surface area is 149 Å². The molecule has 7 nitrogen and oxygen atoms in total. The summed E-state index contributed by atoms with van der Waals surface area (Å²) in [7, 11) is 1.90. The van der Waals surface area contributed by atoms with Crippen LogP contribution >= 0.6 is 0 Å². The highest BCUT2D eigenvalue weighted by Gasteiger charge is 2.20. The van der Waals surface area contributed by atoms with Crippen LogP contribution in [0, 0.1) is 0 Å². The molecule has 1 aliphatic heterocycles. The molecule has 1 amide bonds. The van der Waals surface area contributed by atoms with Gasteiger partial charge < -0.3 is 9.47 Å². The second-order valence-electron chi connectivity index (χ2n) is 6.66. The first-order chi connectivity index (χ1) is 12.2. The number of carbonyl (C=O) groups excluding carboxylic acids is 1. The number of hydrogen-bond donors (Lipinski definition) is 0. The molecule has 0 aliphatic carbocycles. The van der Waals surface area contributed by atoms with Crippen molar-refractivity contribution < 1.29 is 4.79 Å².